The fourth-order valence-corrected chi connectivity index (χ4v) is 1.62. The van der Waals surface area contributed by atoms with Gasteiger partial charge in [-0.05, 0) is 25.9 Å². The molecule has 1 saturated heterocycles. The Balaban J connectivity index is 2.22. The summed E-state index contributed by atoms with van der Waals surface area (Å²) in [6.45, 7) is 3.01. The lowest BCUT2D eigenvalue weighted by Crippen LogP contribution is -2.24. The van der Waals surface area contributed by atoms with Crippen LogP contribution in [0, 0.1) is 0 Å². The Hall–Kier alpha value is -0.830. The predicted molar refractivity (Wildman–Crippen MR) is 51.7 cm³/mol. The van der Waals surface area contributed by atoms with Crippen molar-refractivity contribution in [1.29, 1.82) is 0 Å². The Labute approximate surface area is 79.0 Å². The lowest BCUT2D eigenvalue weighted by Gasteiger charge is -2.16. The van der Waals surface area contributed by atoms with Crippen molar-refractivity contribution < 1.29 is 9.90 Å². The van der Waals surface area contributed by atoms with Gasteiger partial charge in [-0.2, -0.15) is 0 Å². The maximum atomic E-state index is 10.2. The van der Waals surface area contributed by atoms with Crippen molar-refractivity contribution >= 4 is 5.97 Å². The average Bonchev–Trinajstić information content (AvgIpc) is 2.32. The van der Waals surface area contributed by atoms with E-state index in [0.717, 1.165) is 19.6 Å². The number of rotatable bonds is 3. The second-order valence-electron chi connectivity index (χ2n) is 3.46. The topological polar surface area (TPSA) is 40.5 Å². The molecule has 0 aromatic carbocycles. The highest BCUT2D eigenvalue weighted by Gasteiger charge is 2.06. The van der Waals surface area contributed by atoms with Crippen LogP contribution in [-0.4, -0.2) is 35.6 Å². The molecule has 0 atom stereocenters. The van der Waals surface area contributed by atoms with Crippen molar-refractivity contribution in [3.8, 4) is 0 Å². The van der Waals surface area contributed by atoms with Crippen molar-refractivity contribution in [3.05, 3.63) is 12.2 Å². The van der Waals surface area contributed by atoms with Crippen LogP contribution in [0.1, 0.15) is 25.7 Å². The number of hydrogen-bond acceptors (Lipinski definition) is 2. The highest BCUT2D eigenvalue weighted by Crippen LogP contribution is 2.08. The van der Waals surface area contributed by atoms with Crippen LogP contribution < -0.4 is 0 Å². The SMILES string of the molecule is O=C(O)/C=C/CN1CCCCCC1. The van der Waals surface area contributed by atoms with E-state index in [2.05, 4.69) is 4.90 Å². The zero-order valence-corrected chi connectivity index (χ0v) is 7.91. The summed E-state index contributed by atoms with van der Waals surface area (Å²) in [4.78, 5) is 12.5. The minimum absolute atomic E-state index is 0.784. The van der Waals surface area contributed by atoms with Gasteiger partial charge in [0.15, 0.2) is 0 Å². The zero-order valence-electron chi connectivity index (χ0n) is 7.91. The van der Waals surface area contributed by atoms with Crippen molar-refractivity contribution in [2.45, 2.75) is 25.7 Å². The average molecular weight is 183 g/mol. The molecule has 0 bridgehead atoms. The molecule has 1 aliphatic rings. The molecule has 0 aromatic rings. The van der Waals surface area contributed by atoms with E-state index in [0.29, 0.717) is 0 Å². The molecule has 0 spiro atoms. The third-order valence-electron chi connectivity index (χ3n) is 2.32. The van der Waals surface area contributed by atoms with Crippen LogP contribution in [0.15, 0.2) is 12.2 Å². The van der Waals surface area contributed by atoms with E-state index in [1.807, 2.05) is 0 Å². The van der Waals surface area contributed by atoms with Gasteiger partial charge in [-0.25, -0.2) is 4.79 Å². The predicted octanol–water partition coefficient (Wildman–Crippen LogP) is 1.50. The van der Waals surface area contributed by atoms with Gasteiger partial charge >= 0.3 is 5.97 Å². The van der Waals surface area contributed by atoms with Gasteiger partial charge in [-0.3, -0.25) is 4.90 Å². The first kappa shape index (κ1) is 10.3. The number of carboxylic acid groups (broad SMARTS) is 1. The second-order valence-corrected chi connectivity index (χ2v) is 3.46. The molecule has 3 heteroatoms. The molecule has 0 amide bonds. The van der Waals surface area contributed by atoms with E-state index in [1.54, 1.807) is 6.08 Å². The summed E-state index contributed by atoms with van der Waals surface area (Å²) < 4.78 is 0. The number of carboxylic acids is 1. The molecule has 1 N–H and O–H groups in total. The first-order chi connectivity index (χ1) is 6.29. The molecule has 1 rings (SSSR count). The van der Waals surface area contributed by atoms with Crippen LogP contribution in [0.5, 0.6) is 0 Å². The third kappa shape index (κ3) is 4.68. The van der Waals surface area contributed by atoms with Gasteiger partial charge in [0.2, 0.25) is 0 Å². The molecule has 0 aromatic heterocycles. The smallest absolute Gasteiger partial charge is 0.328 e. The molecule has 0 saturated carbocycles. The summed E-state index contributed by atoms with van der Waals surface area (Å²) >= 11 is 0. The van der Waals surface area contributed by atoms with Crippen LogP contribution in [0.2, 0.25) is 0 Å². The minimum atomic E-state index is -0.852. The van der Waals surface area contributed by atoms with Crippen LogP contribution in [-0.2, 0) is 4.79 Å². The van der Waals surface area contributed by atoms with Crippen LogP contribution in [0.3, 0.4) is 0 Å². The lowest BCUT2D eigenvalue weighted by atomic mass is 10.2. The number of likely N-dealkylation sites (tertiary alicyclic amines) is 1. The van der Waals surface area contributed by atoms with Crippen LogP contribution in [0.25, 0.3) is 0 Å². The van der Waals surface area contributed by atoms with Crippen molar-refractivity contribution in [3.63, 3.8) is 0 Å². The largest absolute Gasteiger partial charge is 0.478 e. The van der Waals surface area contributed by atoms with Gasteiger partial charge in [0.05, 0.1) is 0 Å². The summed E-state index contributed by atoms with van der Waals surface area (Å²) in [5.74, 6) is -0.852. The van der Waals surface area contributed by atoms with E-state index < -0.39 is 5.97 Å². The molecule has 74 valence electrons. The Kier molecular flexibility index (Phi) is 4.54. The molecule has 0 unspecified atom stereocenters. The molecule has 0 aliphatic carbocycles. The summed E-state index contributed by atoms with van der Waals surface area (Å²) in [6.07, 6.45) is 8.10. The highest BCUT2D eigenvalue weighted by molar-refractivity contribution is 5.79. The molecule has 1 heterocycles. The number of hydrogen-bond donors (Lipinski definition) is 1. The molecule has 1 aliphatic heterocycles. The number of carbonyl (C=O) groups is 1. The van der Waals surface area contributed by atoms with E-state index in [1.165, 1.54) is 31.8 Å². The van der Waals surface area contributed by atoms with Crippen LogP contribution in [0.4, 0.5) is 0 Å². The maximum absolute atomic E-state index is 10.2. The molecular formula is C10H17NO2. The van der Waals surface area contributed by atoms with Crippen molar-refractivity contribution in [1.82, 2.24) is 4.90 Å². The normalized spacial score (nSPS) is 20.3. The first-order valence-electron chi connectivity index (χ1n) is 4.91. The summed E-state index contributed by atoms with van der Waals surface area (Å²) in [5, 5.41) is 8.39. The Morgan fingerprint density at radius 1 is 1.23 bits per heavy atom. The van der Waals surface area contributed by atoms with E-state index in [-0.39, 0.29) is 0 Å². The fourth-order valence-electron chi connectivity index (χ4n) is 1.62. The van der Waals surface area contributed by atoms with Gasteiger partial charge in [0, 0.05) is 12.6 Å². The van der Waals surface area contributed by atoms with E-state index in [9.17, 15) is 4.79 Å². The Morgan fingerprint density at radius 2 is 1.85 bits per heavy atom. The van der Waals surface area contributed by atoms with Gasteiger partial charge in [-0.15, -0.1) is 0 Å². The Bertz CT molecular complexity index is 181. The molecule has 13 heavy (non-hydrogen) atoms. The zero-order chi connectivity index (χ0) is 9.52. The monoisotopic (exact) mass is 183 g/mol. The lowest BCUT2D eigenvalue weighted by molar-refractivity contribution is -0.131. The molecule has 0 radical (unpaired) electrons. The van der Waals surface area contributed by atoms with Gasteiger partial charge in [-0.1, -0.05) is 18.9 Å². The van der Waals surface area contributed by atoms with Gasteiger partial charge in [0.1, 0.15) is 0 Å². The van der Waals surface area contributed by atoms with Crippen molar-refractivity contribution in [2.24, 2.45) is 0 Å². The second kappa shape index (κ2) is 5.75. The van der Waals surface area contributed by atoms with Gasteiger partial charge < -0.3 is 5.11 Å². The maximum Gasteiger partial charge on any atom is 0.328 e. The molecule has 3 nitrogen and oxygen atoms in total. The van der Waals surface area contributed by atoms with E-state index in [4.69, 9.17) is 5.11 Å². The summed E-state index contributed by atoms with van der Waals surface area (Å²) in [6, 6.07) is 0. The standard InChI is InChI=1S/C10H17NO2/c12-10(13)6-5-9-11-7-3-1-2-4-8-11/h5-6H,1-4,7-9H2,(H,12,13)/b6-5+. The molecular weight excluding hydrogens is 166 g/mol. The highest BCUT2D eigenvalue weighted by atomic mass is 16.4. The van der Waals surface area contributed by atoms with Crippen molar-refractivity contribution in [2.75, 3.05) is 19.6 Å². The third-order valence-corrected chi connectivity index (χ3v) is 2.32. The van der Waals surface area contributed by atoms with E-state index >= 15 is 0 Å². The van der Waals surface area contributed by atoms with Gasteiger partial charge in [0.25, 0.3) is 0 Å². The summed E-state index contributed by atoms with van der Waals surface area (Å²) in [5.41, 5.74) is 0. The number of nitrogens with zero attached hydrogens (tertiary/aromatic N) is 1. The molecule has 1 fully saturated rings. The summed E-state index contributed by atoms with van der Waals surface area (Å²) in [7, 11) is 0. The minimum Gasteiger partial charge on any atom is -0.478 e. The Morgan fingerprint density at radius 3 is 2.38 bits per heavy atom. The number of aliphatic carboxylic acids is 1. The fraction of sp³-hybridized carbons (Fsp3) is 0.700. The quantitative estimate of drug-likeness (QED) is 0.674. The first-order valence-corrected chi connectivity index (χ1v) is 4.91. The van der Waals surface area contributed by atoms with Crippen LogP contribution >= 0.6 is 0 Å².